The van der Waals surface area contributed by atoms with Crippen LogP contribution in [-0.2, 0) is 0 Å². The predicted molar refractivity (Wildman–Crippen MR) is 70.1 cm³/mol. The van der Waals surface area contributed by atoms with Crippen LogP contribution in [0.15, 0.2) is 36.5 Å². The van der Waals surface area contributed by atoms with E-state index in [-0.39, 0.29) is 0 Å². The Balaban J connectivity index is 2.21. The van der Waals surface area contributed by atoms with Gasteiger partial charge in [0.15, 0.2) is 12.2 Å². The molecule has 17 heavy (non-hydrogen) atoms. The molecule has 0 amide bonds. The van der Waals surface area contributed by atoms with E-state index in [1.807, 2.05) is 0 Å². The van der Waals surface area contributed by atoms with E-state index in [2.05, 4.69) is 59.0 Å². The molecule has 2 nitrogen and oxygen atoms in total. The first-order valence-corrected chi connectivity index (χ1v) is 6.23. The molecule has 1 aromatic heterocycles. The molecule has 0 saturated carbocycles. The van der Waals surface area contributed by atoms with Crippen LogP contribution in [0.3, 0.4) is 0 Å². The van der Waals surface area contributed by atoms with Crippen LogP contribution in [0.25, 0.3) is 17.0 Å². The molecule has 0 N–H and O–H groups in total. The summed E-state index contributed by atoms with van der Waals surface area (Å²) in [6.07, 6.45) is 6.72. The van der Waals surface area contributed by atoms with E-state index in [0.717, 1.165) is 13.1 Å². The smallest absolute Gasteiger partial charge is 0.237 e. The van der Waals surface area contributed by atoms with E-state index in [9.17, 15) is 0 Å². The lowest BCUT2D eigenvalue weighted by Crippen LogP contribution is -2.50. The normalized spacial score (nSPS) is 21.0. The van der Waals surface area contributed by atoms with Gasteiger partial charge in [-0.25, -0.2) is 0 Å². The first kappa shape index (κ1) is 9.23. The lowest BCUT2D eigenvalue weighted by Gasteiger charge is -2.32. The van der Waals surface area contributed by atoms with Crippen LogP contribution in [0, 0.1) is 0 Å². The molecule has 4 rings (SSSR count). The van der Waals surface area contributed by atoms with Crippen molar-refractivity contribution in [2.45, 2.75) is 13.0 Å². The molecule has 3 heterocycles. The molecule has 0 radical (unpaired) electrons. The third kappa shape index (κ3) is 1.13. The molecule has 2 heteroatoms. The minimum Gasteiger partial charge on any atom is -0.355 e. The molecule has 0 aliphatic carbocycles. The molecule has 2 aromatic rings. The van der Waals surface area contributed by atoms with Crippen LogP contribution < -0.4 is 9.47 Å². The van der Waals surface area contributed by atoms with Gasteiger partial charge in [-0.1, -0.05) is 18.2 Å². The quantitative estimate of drug-likeness (QED) is 0.622. The van der Waals surface area contributed by atoms with E-state index in [0.29, 0.717) is 6.04 Å². The molecule has 1 atom stereocenters. The van der Waals surface area contributed by atoms with Gasteiger partial charge >= 0.3 is 0 Å². The van der Waals surface area contributed by atoms with Gasteiger partial charge in [0.05, 0.1) is 6.54 Å². The fourth-order valence-corrected chi connectivity index (χ4v) is 3.14. The van der Waals surface area contributed by atoms with Gasteiger partial charge in [0, 0.05) is 23.6 Å². The monoisotopic (exact) mass is 223 g/mol. The molecule has 0 bridgehead atoms. The Bertz CT molecular complexity index is 643. The van der Waals surface area contributed by atoms with E-state index in [1.165, 1.54) is 22.2 Å². The van der Waals surface area contributed by atoms with Gasteiger partial charge in [0.25, 0.3) is 0 Å². The maximum absolute atomic E-state index is 2.50. The highest BCUT2D eigenvalue weighted by Crippen LogP contribution is 2.35. The molecule has 84 valence electrons. The average Bonchev–Trinajstić information content (AvgIpc) is 2.37. The molecule has 2 aliphatic heterocycles. The van der Waals surface area contributed by atoms with Crippen molar-refractivity contribution < 1.29 is 4.57 Å². The zero-order valence-corrected chi connectivity index (χ0v) is 9.93. The number of hydrogen-bond acceptors (Lipinski definition) is 1. The molecule has 2 aliphatic rings. The zero-order valence-electron chi connectivity index (χ0n) is 9.93. The summed E-state index contributed by atoms with van der Waals surface area (Å²) >= 11 is 0. The Kier molecular flexibility index (Phi) is 1.68. The van der Waals surface area contributed by atoms with Gasteiger partial charge in [-0.2, -0.15) is 4.57 Å². The molecular weight excluding hydrogens is 208 g/mol. The molecule has 1 unspecified atom stereocenters. The van der Waals surface area contributed by atoms with Gasteiger partial charge < -0.3 is 4.90 Å². The zero-order chi connectivity index (χ0) is 11.4. The van der Waals surface area contributed by atoms with Gasteiger partial charge in [0.2, 0.25) is 5.52 Å². The highest BCUT2D eigenvalue weighted by Gasteiger charge is 2.32. The van der Waals surface area contributed by atoms with Crippen molar-refractivity contribution in [3.05, 3.63) is 42.1 Å². The molecule has 0 fully saturated rings. The van der Waals surface area contributed by atoms with Gasteiger partial charge in [-0.05, 0) is 19.1 Å². The summed E-state index contributed by atoms with van der Waals surface area (Å²) in [7, 11) is 0. The third-order valence-corrected chi connectivity index (χ3v) is 3.89. The number of nitrogens with zero attached hydrogens (tertiary/aromatic N) is 2. The second-order valence-electron chi connectivity index (χ2n) is 5.01. The third-order valence-electron chi connectivity index (χ3n) is 3.89. The number of aromatic nitrogens is 1. The Hall–Kier alpha value is -1.83. The van der Waals surface area contributed by atoms with Crippen LogP contribution in [0.4, 0.5) is 5.69 Å². The summed E-state index contributed by atoms with van der Waals surface area (Å²) in [4.78, 5) is 2.50. The number of anilines is 1. The second kappa shape index (κ2) is 3.10. The maximum Gasteiger partial charge on any atom is 0.237 e. The highest BCUT2D eigenvalue weighted by molar-refractivity contribution is 5.94. The van der Waals surface area contributed by atoms with Crippen molar-refractivity contribution in [2.75, 3.05) is 18.0 Å². The summed E-state index contributed by atoms with van der Waals surface area (Å²) in [6, 6.07) is 9.38. The second-order valence-corrected chi connectivity index (χ2v) is 5.01. The summed E-state index contributed by atoms with van der Waals surface area (Å²) in [5, 5.41) is 1.35. The van der Waals surface area contributed by atoms with E-state index >= 15 is 0 Å². The largest absolute Gasteiger partial charge is 0.355 e. The van der Waals surface area contributed by atoms with Gasteiger partial charge in [0.1, 0.15) is 5.69 Å². The number of rotatable bonds is 0. The standard InChI is InChI=1S/C15H15N2/c1-11-10-16-8-2-4-12-6-7-13-5-3-9-17(11)15(13)14(12)16/h2-7,9,11H,8,10H2,1H3/q+1. The molecule has 1 aromatic carbocycles. The number of benzene rings is 1. The van der Waals surface area contributed by atoms with Crippen LogP contribution >= 0.6 is 0 Å². The Morgan fingerprint density at radius 3 is 3.18 bits per heavy atom. The Labute approximate surface area is 101 Å². The van der Waals surface area contributed by atoms with Crippen LogP contribution in [0.2, 0.25) is 0 Å². The van der Waals surface area contributed by atoms with Crippen LogP contribution in [-0.4, -0.2) is 13.1 Å². The van der Waals surface area contributed by atoms with Gasteiger partial charge in [-0.3, -0.25) is 0 Å². The van der Waals surface area contributed by atoms with Crippen molar-refractivity contribution in [2.24, 2.45) is 0 Å². The first-order valence-electron chi connectivity index (χ1n) is 6.23. The lowest BCUT2D eigenvalue weighted by atomic mass is 10.00. The van der Waals surface area contributed by atoms with Crippen molar-refractivity contribution in [1.82, 2.24) is 0 Å². The molecule has 0 saturated heterocycles. The average molecular weight is 223 g/mol. The Morgan fingerprint density at radius 1 is 1.29 bits per heavy atom. The fraction of sp³-hybridized carbons (Fsp3) is 0.267. The number of hydrogen-bond donors (Lipinski definition) is 0. The lowest BCUT2D eigenvalue weighted by molar-refractivity contribution is -0.694. The molecular formula is C15H15N2+. The molecule has 0 spiro atoms. The van der Waals surface area contributed by atoms with Crippen molar-refractivity contribution in [3.63, 3.8) is 0 Å². The van der Waals surface area contributed by atoms with E-state index < -0.39 is 0 Å². The van der Waals surface area contributed by atoms with Crippen molar-refractivity contribution in [1.29, 1.82) is 0 Å². The van der Waals surface area contributed by atoms with Crippen molar-refractivity contribution in [3.8, 4) is 0 Å². The maximum atomic E-state index is 2.50. The first-order chi connectivity index (χ1) is 8.34. The SMILES string of the molecule is CC1CN2CC=Cc3ccc4ccc[n+]1c4c32. The van der Waals surface area contributed by atoms with Crippen LogP contribution in [0.5, 0.6) is 0 Å². The van der Waals surface area contributed by atoms with E-state index in [1.54, 1.807) is 0 Å². The number of pyridine rings is 1. The summed E-state index contributed by atoms with van der Waals surface area (Å²) in [5.74, 6) is 0. The van der Waals surface area contributed by atoms with E-state index in [4.69, 9.17) is 0 Å². The van der Waals surface area contributed by atoms with Crippen molar-refractivity contribution >= 4 is 22.7 Å². The minimum absolute atomic E-state index is 0.549. The topological polar surface area (TPSA) is 7.12 Å². The van der Waals surface area contributed by atoms with Gasteiger partial charge in [-0.15, -0.1) is 0 Å². The highest BCUT2D eigenvalue weighted by atomic mass is 15.2. The summed E-state index contributed by atoms with van der Waals surface area (Å²) in [5.41, 5.74) is 4.17. The summed E-state index contributed by atoms with van der Waals surface area (Å²) < 4.78 is 2.42. The fourth-order valence-electron chi connectivity index (χ4n) is 3.14. The minimum atomic E-state index is 0.549. The predicted octanol–water partition coefficient (Wildman–Crippen LogP) is 2.54. The Morgan fingerprint density at radius 2 is 2.24 bits per heavy atom. The summed E-state index contributed by atoms with van der Waals surface area (Å²) in [6.45, 7) is 4.46. The van der Waals surface area contributed by atoms with Crippen LogP contribution in [0.1, 0.15) is 18.5 Å².